The molecule has 2 aliphatic heterocycles. The molecule has 0 amide bonds. The number of hydrogen-bond acceptors (Lipinski definition) is 4. The summed E-state index contributed by atoms with van der Waals surface area (Å²) >= 11 is 5.95. The van der Waals surface area contributed by atoms with Crippen molar-refractivity contribution in [2.75, 3.05) is 6.54 Å². The fourth-order valence-electron chi connectivity index (χ4n) is 3.05. The van der Waals surface area contributed by atoms with Crippen molar-refractivity contribution in [1.82, 2.24) is 5.32 Å². The molecule has 0 saturated heterocycles. The van der Waals surface area contributed by atoms with E-state index in [9.17, 15) is 10.2 Å². The smallest absolute Gasteiger partial charge is 0.177 e. The number of halogens is 1. The largest absolute Gasteiger partial charge is 0.508 e. The van der Waals surface area contributed by atoms with Crippen LogP contribution >= 0.6 is 11.6 Å². The average molecular weight is 290 g/mol. The second-order valence-corrected chi connectivity index (χ2v) is 5.48. The summed E-state index contributed by atoms with van der Waals surface area (Å²) in [6.45, 7) is 1.35. The molecule has 2 aromatic rings. The van der Waals surface area contributed by atoms with Gasteiger partial charge in [-0.2, -0.15) is 0 Å². The zero-order valence-electron chi connectivity index (χ0n) is 10.5. The van der Waals surface area contributed by atoms with E-state index >= 15 is 0 Å². The summed E-state index contributed by atoms with van der Waals surface area (Å²) in [6.07, 6.45) is 0. The van der Waals surface area contributed by atoms with E-state index in [1.807, 2.05) is 6.07 Å². The normalized spacial score (nSPS) is 18.9. The molecule has 20 heavy (non-hydrogen) atoms. The molecule has 5 heteroatoms. The quantitative estimate of drug-likeness (QED) is 0.697. The molecule has 1 unspecified atom stereocenters. The van der Waals surface area contributed by atoms with Crippen LogP contribution in [0.4, 0.5) is 0 Å². The topological polar surface area (TPSA) is 61.7 Å². The Bertz CT molecular complexity index is 730. The van der Waals surface area contributed by atoms with Gasteiger partial charge in [0.1, 0.15) is 11.5 Å². The fraction of sp³-hybridized carbons (Fsp3) is 0.200. The number of aromatic hydroxyl groups is 2. The Hall–Kier alpha value is -1.91. The molecule has 2 heterocycles. The van der Waals surface area contributed by atoms with E-state index < -0.39 is 0 Å². The summed E-state index contributed by atoms with van der Waals surface area (Å²) in [5.74, 6) is 1.37. The number of phenolic OH excluding ortho intramolecular Hbond substituents is 2. The van der Waals surface area contributed by atoms with E-state index in [1.54, 1.807) is 18.2 Å². The first kappa shape index (κ1) is 11.9. The van der Waals surface area contributed by atoms with Crippen LogP contribution in [-0.2, 0) is 6.54 Å². The molecule has 0 radical (unpaired) electrons. The number of hydrogen-bond donors (Lipinski definition) is 3. The monoisotopic (exact) mass is 289 g/mol. The van der Waals surface area contributed by atoms with Crippen LogP contribution in [0.2, 0.25) is 5.02 Å². The number of phenols is 2. The van der Waals surface area contributed by atoms with Crippen LogP contribution in [0.25, 0.3) is 0 Å². The van der Waals surface area contributed by atoms with E-state index in [4.69, 9.17) is 16.3 Å². The number of rotatable bonds is 0. The molecule has 2 aliphatic rings. The molecule has 0 aromatic heterocycles. The lowest BCUT2D eigenvalue weighted by atomic mass is 9.82. The first-order valence-electron chi connectivity index (χ1n) is 6.41. The van der Waals surface area contributed by atoms with Gasteiger partial charge in [0.2, 0.25) is 0 Å². The maximum absolute atomic E-state index is 10.1. The Labute approximate surface area is 120 Å². The van der Waals surface area contributed by atoms with Gasteiger partial charge in [0.15, 0.2) is 11.5 Å². The zero-order chi connectivity index (χ0) is 13.9. The lowest BCUT2D eigenvalue weighted by molar-refractivity contribution is 0.379. The first-order valence-corrected chi connectivity index (χ1v) is 6.79. The molecule has 102 valence electrons. The molecule has 1 atom stereocenters. The molecule has 4 rings (SSSR count). The summed E-state index contributed by atoms with van der Waals surface area (Å²) < 4.78 is 5.82. The number of fused-ring (bicyclic) bond motifs is 2. The van der Waals surface area contributed by atoms with Crippen molar-refractivity contribution in [1.29, 1.82) is 0 Å². The third-order valence-electron chi connectivity index (χ3n) is 3.99. The van der Waals surface area contributed by atoms with Gasteiger partial charge >= 0.3 is 0 Å². The Balaban J connectivity index is 2.00. The summed E-state index contributed by atoms with van der Waals surface area (Å²) in [4.78, 5) is 0. The number of ether oxygens (including phenoxy) is 1. The van der Waals surface area contributed by atoms with Gasteiger partial charge < -0.3 is 20.3 Å². The predicted octanol–water partition coefficient (Wildman–Crippen LogP) is 3.09. The van der Waals surface area contributed by atoms with Gasteiger partial charge in [-0.1, -0.05) is 17.7 Å². The average Bonchev–Trinajstić information content (AvgIpc) is 2.47. The van der Waals surface area contributed by atoms with Crippen LogP contribution in [0.3, 0.4) is 0 Å². The maximum Gasteiger partial charge on any atom is 0.177 e. The highest BCUT2D eigenvalue weighted by atomic mass is 35.5. The van der Waals surface area contributed by atoms with Crippen molar-refractivity contribution in [2.24, 2.45) is 0 Å². The van der Waals surface area contributed by atoms with Crippen molar-refractivity contribution in [3.05, 3.63) is 46.0 Å². The molecular weight excluding hydrogens is 278 g/mol. The Morgan fingerprint density at radius 2 is 2.05 bits per heavy atom. The minimum Gasteiger partial charge on any atom is -0.508 e. The van der Waals surface area contributed by atoms with Crippen molar-refractivity contribution < 1.29 is 14.9 Å². The molecule has 0 aliphatic carbocycles. The standard InChI is InChI=1S/C15H12ClNO3/c16-10-2-1-7-8-5-17-6-9-11(18)3-4-12(13(8)9)20-15(7)14(10)19/h1-4,8,17-19H,5-6H2. The minimum atomic E-state index is -0.0324. The van der Waals surface area contributed by atoms with Gasteiger partial charge in [-0.15, -0.1) is 0 Å². The van der Waals surface area contributed by atoms with Crippen LogP contribution in [0.5, 0.6) is 23.0 Å². The van der Waals surface area contributed by atoms with Gasteiger partial charge in [-0.3, -0.25) is 0 Å². The summed E-state index contributed by atoms with van der Waals surface area (Å²) in [5.41, 5.74) is 2.75. The molecule has 0 bridgehead atoms. The fourth-order valence-corrected chi connectivity index (χ4v) is 3.20. The number of nitrogens with one attached hydrogen (secondary N) is 1. The van der Waals surface area contributed by atoms with Gasteiger partial charge in [-0.05, 0) is 18.2 Å². The Morgan fingerprint density at radius 3 is 2.90 bits per heavy atom. The first-order chi connectivity index (χ1) is 9.66. The predicted molar refractivity (Wildman–Crippen MR) is 74.8 cm³/mol. The highest BCUT2D eigenvalue weighted by molar-refractivity contribution is 6.32. The second kappa shape index (κ2) is 4.04. The van der Waals surface area contributed by atoms with Gasteiger partial charge in [-0.25, -0.2) is 0 Å². The molecule has 2 aromatic carbocycles. The zero-order valence-corrected chi connectivity index (χ0v) is 11.2. The van der Waals surface area contributed by atoms with Crippen LogP contribution in [0, 0.1) is 0 Å². The van der Waals surface area contributed by atoms with Crippen LogP contribution < -0.4 is 10.1 Å². The molecule has 4 nitrogen and oxygen atoms in total. The Kier molecular flexibility index (Phi) is 2.40. The third-order valence-corrected chi connectivity index (χ3v) is 4.30. The van der Waals surface area contributed by atoms with E-state index in [2.05, 4.69) is 5.32 Å². The van der Waals surface area contributed by atoms with Crippen LogP contribution in [0.15, 0.2) is 24.3 Å². The lowest BCUT2D eigenvalue weighted by Gasteiger charge is -2.34. The summed E-state index contributed by atoms with van der Waals surface area (Å²) in [6, 6.07) is 6.88. The van der Waals surface area contributed by atoms with Crippen LogP contribution in [-0.4, -0.2) is 16.8 Å². The van der Waals surface area contributed by atoms with E-state index in [0.717, 1.165) is 23.2 Å². The van der Waals surface area contributed by atoms with Crippen LogP contribution in [0.1, 0.15) is 22.6 Å². The Morgan fingerprint density at radius 1 is 1.20 bits per heavy atom. The molecule has 0 saturated carbocycles. The van der Waals surface area contributed by atoms with Crippen molar-refractivity contribution in [3.63, 3.8) is 0 Å². The third kappa shape index (κ3) is 1.46. The minimum absolute atomic E-state index is 0.0324. The highest BCUT2D eigenvalue weighted by Gasteiger charge is 2.35. The van der Waals surface area contributed by atoms with Gasteiger partial charge in [0.25, 0.3) is 0 Å². The SMILES string of the molecule is Oc1ccc2c3c1CNCC3c1ccc(Cl)c(O)c1O2. The maximum atomic E-state index is 10.1. The van der Waals surface area contributed by atoms with Crippen molar-refractivity contribution in [3.8, 4) is 23.0 Å². The highest BCUT2D eigenvalue weighted by Crippen LogP contribution is 2.52. The molecule has 0 fully saturated rings. The van der Waals surface area contributed by atoms with Gasteiger partial charge in [0.05, 0.1) is 5.02 Å². The molecular formula is C15H12ClNO3. The number of benzene rings is 2. The van der Waals surface area contributed by atoms with Crippen molar-refractivity contribution in [2.45, 2.75) is 12.5 Å². The van der Waals surface area contributed by atoms with Gasteiger partial charge in [0, 0.05) is 35.7 Å². The van der Waals surface area contributed by atoms with E-state index in [1.165, 1.54) is 0 Å². The summed E-state index contributed by atoms with van der Waals surface area (Å²) in [7, 11) is 0. The second-order valence-electron chi connectivity index (χ2n) is 5.07. The summed E-state index contributed by atoms with van der Waals surface area (Å²) in [5, 5.41) is 23.7. The van der Waals surface area contributed by atoms with E-state index in [-0.39, 0.29) is 22.4 Å². The van der Waals surface area contributed by atoms with E-state index in [0.29, 0.717) is 18.0 Å². The molecule has 3 N–H and O–H groups in total. The lowest BCUT2D eigenvalue weighted by Crippen LogP contribution is -2.31. The van der Waals surface area contributed by atoms with Crippen molar-refractivity contribution >= 4 is 11.6 Å². The molecule has 0 spiro atoms.